The van der Waals surface area contributed by atoms with Gasteiger partial charge in [-0.1, -0.05) is 45.1 Å². The van der Waals surface area contributed by atoms with E-state index in [1.807, 2.05) is 0 Å². The number of halogens is 1. The first-order valence-corrected chi connectivity index (χ1v) is 12.9. The van der Waals surface area contributed by atoms with Crippen LogP contribution in [0.25, 0.3) is 10.8 Å². The van der Waals surface area contributed by atoms with Crippen LogP contribution in [0, 0.1) is 0 Å². The molecule has 2 aromatic carbocycles. The summed E-state index contributed by atoms with van der Waals surface area (Å²) in [4.78, 5) is 50.1. The van der Waals surface area contributed by atoms with Crippen LogP contribution in [0.5, 0.6) is 11.5 Å². The SMILES string of the molecule is COc1ccc2cc(C(=O)N/N=C3/NC(=O)[C@@H](CC(=O)Nc4ccc(Br)cc4)S3)sc(=O)c2c1OC. The Bertz CT molecular complexity index is 1440. The van der Waals surface area contributed by atoms with Crippen molar-refractivity contribution >= 4 is 78.4 Å². The molecule has 0 bridgehead atoms. The topological polar surface area (TPSA) is 135 Å². The molecular formula is C23H19BrN4O6S2. The molecular weight excluding hydrogens is 572 g/mol. The van der Waals surface area contributed by atoms with Crippen LogP contribution in [0.4, 0.5) is 5.69 Å². The molecule has 1 fully saturated rings. The molecule has 1 saturated heterocycles. The molecule has 1 aromatic heterocycles. The molecule has 0 spiro atoms. The van der Waals surface area contributed by atoms with Crippen molar-refractivity contribution in [3.05, 3.63) is 61.4 Å². The lowest BCUT2D eigenvalue weighted by Crippen LogP contribution is -2.29. The summed E-state index contributed by atoms with van der Waals surface area (Å²) in [7, 11) is 2.90. The first kappa shape index (κ1) is 25.7. The lowest BCUT2D eigenvalue weighted by Gasteiger charge is -2.10. The summed E-state index contributed by atoms with van der Waals surface area (Å²) >= 11 is 5.09. The minimum Gasteiger partial charge on any atom is -0.493 e. The van der Waals surface area contributed by atoms with Gasteiger partial charge in [0.25, 0.3) is 5.91 Å². The number of carbonyl (C=O) groups is 3. The van der Waals surface area contributed by atoms with Gasteiger partial charge in [0, 0.05) is 16.6 Å². The summed E-state index contributed by atoms with van der Waals surface area (Å²) in [6.07, 6.45) is -0.0723. The Labute approximate surface area is 221 Å². The number of ether oxygens (including phenoxy) is 2. The van der Waals surface area contributed by atoms with E-state index in [1.165, 1.54) is 14.2 Å². The molecule has 0 saturated carbocycles. The monoisotopic (exact) mass is 590 g/mol. The van der Waals surface area contributed by atoms with Crippen LogP contribution in [0.1, 0.15) is 16.1 Å². The van der Waals surface area contributed by atoms with Gasteiger partial charge in [0.2, 0.25) is 16.6 Å². The van der Waals surface area contributed by atoms with Gasteiger partial charge in [-0.3, -0.25) is 19.2 Å². The predicted octanol–water partition coefficient (Wildman–Crippen LogP) is 3.30. The summed E-state index contributed by atoms with van der Waals surface area (Å²) in [5.74, 6) is -0.637. The molecule has 1 aliphatic heterocycles. The summed E-state index contributed by atoms with van der Waals surface area (Å²) in [6, 6.07) is 11.9. The Morgan fingerprint density at radius 3 is 2.56 bits per heavy atom. The standard InChI is InChI=1S/C23H19BrN4O6S2/c1-33-14-8-3-11-9-15(35-22(32)18(11)19(14)34-2)21(31)27-28-23-26-20(30)16(36-23)10-17(29)25-13-6-4-12(24)5-7-13/h3-9,16H,10H2,1-2H3,(H,25,29)(H,27,31)(H,26,28,30)/t16-/m1/s1. The van der Waals surface area contributed by atoms with Crippen LogP contribution in [-0.4, -0.2) is 42.4 Å². The number of hydrogen-bond donors (Lipinski definition) is 3. The van der Waals surface area contributed by atoms with Crippen molar-refractivity contribution in [2.24, 2.45) is 5.10 Å². The Morgan fingerprint density at radius 2 is 1.86 bits per heavy atom. The number of carbonyl (C=O) groups excluding carboxylic acids is 3. The molecule has 4 rings (SSSR count). The summed E-state index contributed by atoms with van der Waals surface area (Å²) < 4.78 is 11.1. The maximum absolute atomic E-state index is 12.7. The minimum absolute atomic E-state index is 0.0723. The van der Waals surface area contributed by atoms with Crippen LogP contribution >= 0.6 is 39.0 Å². The Kier molecular flexibility index (Phi) is 7.91. The zero-order chi connectivity index (χ0) is 25.8. The van der Waals surface area contributed by atoms with Crippen molar-refractivity contribution in [3.8, 4) is 11.5 Å². The van der Waals surface area contributed by atoms with E-state index in [0.29, 0.717) is 28.0 Å². The zero-order valence-electron chi connectivity index (χ0n) is 18.9. The second-order valence-electron chi connectivity index (χ2n) is 7.38. The minimum atomic E-state index is -0.699. The molecule has 10 nitrogen and oxygen atoms in total. The molecule has 1 atom stereocenters. The molecule has 2 heterocycles. The van der Waals surface area contributed by atoms with Crippen LogP contribution < -0.4 is 30.3 Å². The highest BCUT2D eigenvalue weighted by molar-refractivity contribution is 9.10. The number of rotatable bonds is 7. The van der Waals surface area contributed by atoms with E-state index in [1.54, 1.807) is 42.5 Å². The Hall–Kier alpha value is -3.42. The number of methoxy groups -OCH3 is 2. The molecule has 3 N–H and O–H groups in total. The third-order valence-corrected chi connectivity index (χ3v) is 7.55. The lowest BCUT2D eigenvalue weighted by atomic mass is 10.1. The predicted molar refractivity (Wildman–Crippen MR) is 143 cm³/mol. The maximum atomic E-state index is 12.7. The fraction of sp³-hybridized carbons (Fsp3) is 0.174. The molecule has 13 heteroatoms. The third kappa shape index (κ3) is 5.69. The number of fused-ring (bicyclic) bond motifs is 1. The fourth-order valence-corrected chi connectivity index (χ4v) is 5.40. The average Bonchev–Trinajstić information content (AvgIpc) is 3.21. The van der Waals surface area contributed by atoms with Crippen molar-refractivity contribution in [1.82, 2.24) is 10.7 Å². The summed E-state index contributed by atoms with van der Waals surface area (Å²) in [5, 5.41) is 9.48. The maximum Gasteiger partial charge on any atom is 0.281 e. The second kappa shape index (κ2) is 11.1. The molecule has 0 unspecified atom stereocenters. The van der Waals surface area contributed by atoms with Crippen LogP contribution in [0.15, 0.2) is 56.8 Å². The highest BCUT2D eigenvalue weighted by Gasteiger charge is 2.32. The van der Waals surface area contributed by atoms with Crippen molar-refractivity contribution in [2.45, 2.75) is 11.7 Å². The van der Waals surface area contributed by atoms with E-state index in [-0.39, 0.29) is 27.1 Å². The van der Waals surface area contributed by atoms with Crippen molar-refractivity contribution in [2.75, 3.05) is 19.5 Å². The van der Waals surface area contributed by atoms with Gasteiger partial charge in [0.15, 0.2) is 16.7 Å². The number of hydrogen-bond acceptors (Lipinski definition) is 9. The highest BCUT2D eigenvalue weighted by atomic mass is 79.9. The average molecular weight is 591 g/mol. The fourth-order valence-electron chi connectivity index (χ4n) is 3.37. The molecule has 0 radical (unpaired) electrons. The number of nitrogens with zero attached hydrogens (tertiary/aromatic N) is 1. The molecule has 186 valence electrons. The van der Waals surface area contributed by atoms with E-state index in [2.05, 4.69) is 37.1 Å². The van der Waals surface area contributed by atoms with Gasteiger partial charge in [-0.25, -0.2) is 5.43 Å². The van der Waals surface area contributed by atoms with Crippen LogP contribution in [0.2, 0.25) is 0 Å². The van der Waals surface area contributed by atoms with Gasteiger partial charge in [-0.15, -0.1) is 5.10 Å². The number of thioether (sulfide) groups is 1. The number of nitrogens with one attached hydrogen (secondary N) is 3. The summed E-state index contributed by atoms with van der Waals surface area (Å²) in [6.45, 7) is 0. The van der Waals surface area contributed by atoms with Crippen molar-refractivity contribution in [3.63, 3.8) is 0 Å². The van der Waals surface area contributed by atoms with E-state index in [9.17, 15) is 19.2 Å². The quantitative estimate of drug-likeness (QED) is 0.359. The molecule has 36 heavy (non-hydrogen) atoms. The second-order valence-corrected chi connectivity index (χ2v) is 10.5. The number of anilines is 1. The van der Waals surface area contributed by atoms with Crippen LogP contribution in [0.3, 0.4) is 0 Å². The zero-order valence-corrected chi connectivity index (χ0v) is 22.1. The van der Waals surface area contributed by atoms with Gasteiger partial charge in [0.05, 0.1) is 24.5 Å². The molecule has 3 aromatic rings. The van der Waals surface area contributed by atoms with Gasteiger partial charge >= 0.3 is 0 Å². The largest absolute Gasteiger partial charge is 0.493 e. The highest BCUT2D eigenvalue weighted by Crippen LogP contribution is 2.34. The molecule has 0 aliphatic carbocycles. The van der Waals surface area contributed by atoms with Crippen molar-refractivity contribution < 1.29 is 23.9 Å². The van der Waals surface area contributed by atoms with E-state index < -0.39 is 17.1 Å². The first-order chi connectivity index (χ1) is 17.3. The lowest BCUT2D eigenvalue weighted by molar-refractivity contribution is -0.122. The van der Waals surface area contributed by atoms with Gasteiger partial charge < -0.3 is 20.1 Å². The Morgan fingerprint density at radius 1 is 1.11 bits per heavy atom. The Balaban J connectivity index is 1.41. The summed E-state index contributed by atoms with van der Waals surface area (Å²) in [5.41, 5.74) is 2.96. The molecule has 1 aliphatic rings. The van der Waals surface area contributed by atoms with Crippen LogP contribution in [-0.2, 0) is 9.59 Å². The van der Waals surface area contributed by atoms with Gasteiger partial charge in [0.1, 0.15) is 5.25 Å². The number of hydrazone groups is 1. The number of amidine groups is 1. The van der Waals surface area contributed by atoms with Gasteiger partial charge in [-0.05, 0) is 41.8 Å². The number of amides is 3. The van der Waals surface area contributed by atoms with Gasteiger partial charge in [-0.2, -0.15) is 0 Å². The van der Waals surface area contributed by atoms with E-state index in [4.69, 9.17) is 9.47 Å². The molecule has 3 amide bonds. The normalized spacial score (nSPS) is 16.0. The van der Waals surface area contributed by atoms with E-state index >= 15 is 0 Å². The van der Waals surface area contributed by atoms with E-state index in [0.717, 1.165) is 27.6 Å². The number of benzene rings is 2. The first-order valence-electron chi connectivity index (χ1n) is 10.4. The third-order valence-electron chi connectivity index (χ3n) is 5.03. The smallest absolute Gasteiger partial charge is 0.281 e. The van der Waals surface area contributed by atoms with Crippen molar-refractivity contribution in [1.29, 1.82) is 0 Å².